The molecule has 0 aliphatic rings. The molecule has 7 nitrogen and oxygen atoms in total. The van der Waals surface area contributed by atoms with Crippen LogP contribution in [0.15, 0.2) is 77.7 Å². The lowest BCUT2D eigenvalue weighted by Gasteiger charge is -2.14. The molecule has 0 fully saturated rings. The predicted octanol–water partition coefficient (Wildman–Crippen LogP) is 4.21. The van der Waals surface area contributed by atoms with E-state index in [9.17, 15) is 13.2 Å². The predicted molar refractivity (Wildman–Crippen MR) is 124 cm³/mol. The average molecular weight is 455 g/mol. The molecule has 3 aromatic rings. The Morgan fingerprint density at radius 1 is 0.969 bits per heavy atom. The lowest BCUT2D eigenvalue weighted by molar-refractivity contribution is 0.0940. The highest BCUT2D eigenvalue weighted by Crippen LogP contribution is 2.25. The van der Waals surface area contributed by atoms with Crippen molar-refractivity contribution in [2.75, 3.05) is 11.8 Å². The van der Waals surface area contributed by atoms with Gasteiger partial charge in [0.25, 0.3) is 15.9 Å². The molecule has 3 rings (SSSR count). The third kappa shape index (κ3) is 6.01. The van der Waals surface area contributed by atoms with E-state index >= 15 is 0 Å². The molecule has 2 N–H and O–H groups in total. The average Bonchev–Trinajstić information content (AvgIpc) is 2.78. The quantitative estimate of drug-likeness (QED) is 0.505. The number of ether oxygens (including phenoxy) is 2. The molecule has 0 aliphatic heterocycles. The largest absolute Gasteiger partial charge is 0.496 e. The summed E-state index contributed by atoms with van der Waals surface area (Å²) in [6.45, 7) is 4.05. The van der Waals surface area contributed by atoms with Crippen LogP contribution in [0.1, 0.15) is 29.8 Å². The molecule has 0 saturated heterocycles. The van der Waals surface area contributed by atoms with Gasteiger partial charge in [0.15, 0.2) is 0 Å². The number of anilines is 1. The number of hydrogen-bond acceptors (Lipinski definition) is 5. The van der Waals surface area contributed by atoms with Crippen molar-refractivity contribution in [3.8, 4) is 11.5 Å². The van der Waals surface area contributed by atoms with Crippen molar-refractivity contribution < 1.29 is 22.7 Å². The SMILES string of the molecule is COc1ccc(S(=O)(=O)Nc2ccc(OCc3ccccc3)cc2)cc1C(=O)NC(C)C. The highest BCUT2D eigenvalue weighted by Gasteiger charge is 2.20. The number of rotatable bonds is 9. The first-order valence-corrected chi connectivity index (χ1v) is 11.6. The number of sulfonamides is 1. The van der Waals surface area contributed by atoms with Crippen molar-refractivity contribution in [1.29, 1.82) is 0 Å². The molecule has 0 bridgehead atoms. The number of nitrogens with one attached hydrogen (secondary N) is 2. The van der Waals surface area contributed by atoms with Gasteiger partial charge in [-0.15, -0.1) is 0 Å². The van der Waals surface area contributed by atoms with Crippen LogP contribution in [0.5, 0.6) is 11.5 Å². The maximum absolute atomic E-state index is 12.9. The summed E-state index contributed by atoms with van der Waals surface area (Å²) in [5, 5.41) is 2.74. The Balaban J connectivity index is 1.73. The van der Waals surface area contributed by atoms with Crippen LogP contribution in [0.2, 0.25) is 0 Å². The van der Waals surface area contributed by atoms with E-state index in [0.29, 0.717) is 23.8 Å². The minimum absolute atomic E-state index is 0.0448. The maximum atomic E-state index is 12.9. The van der Waals surface area contributed by atoms with Gasteiger partial charge >= 0.3 is 0 Å². The van der Waals surface area contributed by atoms with Crippen LogP contribution < -0.4 is 19.5 Å². The first-order valence-electron chi connectivity index (χ1n) is 10.1. The van der Waals surface area contributed by atoms with Crippen molar-refractivity contribution in [2.45, 2.75) is 31.4 Å². The van der Waals surface area contributed by atoms with Gasteiger partial charge in [0.2, 0.25) is 0 Å². The number of hydrogen-bond donors (Lipinski definition) is 2. The van der Waals surface area contributed by atoms with Crippen LogP contribution in [-0.2, 0) is 16.6 Å². The summed E-state index contributed by atoms with van der Waals surface area (Å²) in [6, 6.07) is 20.4. The molecule has 3 aromatic carbocycles. The Labute approximate surface area is 188 Å². The molecular formula is C24H26N2O5S. The molecule has 0 unspecified atom stereocenters. The molecule has 0 radical (unpaired) electrons. The van der Waals surface area contributed by atoms with Crippen molar-refractivity contribution >= 4 is 21.6 Å². The first kappa shape index (κ1) is 23.1. The monoisotopic (exact) mass is 454 g/mol. The summed E-state index contributed by atoms with van der Waals surface area (Å²) < 4.78 is 39.2. The Kier molecular flexibility index (Phi) is 7.37. The number of methoxy groups -OCH3 is 1. The Morgan fingerprint density at radius 2 is 1.66 bits per heavy atom. The minimum Gasteiger partial charge on any atom is -0.496 e. The van der Waals surface area contributed by atoms with Gasteiger partial charge in [-0.25, -0.2) is 8.42 Å². The van der Waals surface area contributed by atoms with Crippen LogP contribution >= 0.6 is 0 Å². The Morgan fingerprint density at radius 3 is 2.28 bits per heavy atom. The topological polar surface area (TPSA) is 93.7 Å². The minimum atomic E-state index is -3.92. The van der Waals surface area contributed by atoms with E-state index in [0.717, 1.165) is 5.56 Å². The smallest absolute Gasteiger partial charge is 0.261 e. The van der Waals surface area contributed by atoms with E-state index in [-0.39, 0.29) is 16.5 Å². The third-order valence-corrected chi connectivity index (χ3v) is 5.88. The van der Waals surface area contributed by atoms with Crippen molar-refractivity contribution in [1.82, 2.24) is 5.32 Å². The van der Waals surface area contributed by atoms with E-state index in [2.05, 4.69) is 10.0 Å². The number of carbonyl (C=O) groups excluding carboxylic acids is 1. The van der Waals surface area contributed by atoms with Crippen LogP contribution in [0.25, 0.3) is 0 Å². The molecule has 168 valence electrons. The van der Waals surface area contributed by atoms with Gasteiger partial charge in [-0.3, -0.25) is 9.52 Å². The Hall–Kier alpha value is -3.52. The fourth-order valence-corrected chi connectivity index (χ4v) is 4.03. The first-order chi connectivity index (χ1) is 15.3. The summed E-state index contributed by atoms with van der Waals surface area (Å²) in [4.78, 5) is 12.4. The second-order valence-corrected chi connectivity index (χ2v) is 9.08. The number of amides is 1. The van der Waals surface area contributed by atoms with Crippen LogP contribution in [0, 0.1) is 0 Å². The van der Waals surface area contributed by atoms with Gasteiger partial charge in [-0.2, -0.15) is 0 Å². The van der Waals surface area contributed by atoms with E-state index in [4.69, 9.17) is 9.47 Å². The third-order valence-electron chi connectivity index (χ3n) is 4.50. The normalized spacial score (nSPS) is 11.1. The zero-order valence-corrected chi connectivity index (χ0v) is 19.0. The van der Waals surface area contributed by atoms with Gasteiger partial charge in [-0.05, 0) is 61.9 Å². The van der Waals surface area contributed by atoms with E-state index < -0.39 is 15.9 Å². The molecule has 1 amide bonds. The van der Waals surface area contributed by atoms with Crippen molar-refractivity contribution in [3.63, 3.8) is 0 Å². The molecule has 0 atom stereocenters. The molecule has 0 spiro atoms. The molecule has 0 aromatic heterocycles. The lowest BCUT2D eigenvalue weighted by atomic mass is 10.2. The molecule has 32 heavy (non-hydrogen) atoms. The molecule has 0 heterocycles. The molecule has 8 heteroatoms. The molecule has 0 aliphatic carbocycles. The van der Waals surface area contributed by atoms with Crippen LogP contribution in [0.4, 0.5) is 5.69 Å². The maximum Gasteiger partial charge on any atom is 0.261 e. The zero-order valence-electron chi connectivity index (χ0n) is 18.2. The van der Waals surface area contributed by atoms with Gasteiger partial charge < -0.3 is 14.8 Å². The fraction of sp³-hybridized carbons (Fsp3) is 0.208. The van der Waals surface area contributed by atoms with Crippen molar-refractivity contribution in [2.24, 2.45) is 0 Å². The van der Waals surface area contributed by atoms with E-state index in [1.807, 2.05) is 44.2 Å². The molecular weight excluding hydrogens is 428 g/mol. The van der Waals surface area contributed by atoms with Crippen molar-refractivity contribution in [3.05, 3.63) is 83.9 Å². The fourth-order valence-electron chi connectivity index (χ4n) is 2.95. The number of benzene rings is 3. The summed E-state index contributed by atoms with van der Waals surface area (Å²) in [5.41, 5.74) is 1.56. The van der Waals surface area contributed by atoms with Gasteiger partial charge in [0.1, 0.15) is 18.1 Å². The summed E-state index contributed by atoms with van der Waals surface area (Å²) >= 11 is 0. The lowest BCUT2D eigenvalue weighted by Crippen LogP contribution is -2.30. The number of carbonyl (C=O) groups is 1. The Bertz CT molecular complexity index is 1160. The van der Waals surface area contributed by atoms with E-state index in [1.54, 1.807) is 24.3 Å². The highest BCUT2D eigenvalue weighted by atomic mass is 32.2. The second kappa shape index (κ2) is 10.2. The van der Waals surface area contributed by atoms with Gasteiger partial charge in [0, 0.05) is 11.7 Å². The standard InChI is InChI=1S/C24H26N2O5S/c1-17(2)25-24(27)22-15-21(13-14-23(22)30-3)32(28,29)26-19-9-11-20(12-10-19)31-16-18-7-5-4-6-8-18/h4-15,17,26H,16H2,1-3H3,(H,25,27). The summed E-state index contributed by atoms with van der Waals surface area (Å²) in [6.07, 6.45) is 0. The second-order valence-electron chi connectivity index (χ2n) is 7.39. The van der Waals surface area contributed by atoms with Gasteiger partial charge in [0.05, 0.1) is 17.6 Å². The summed E-state index contributed by atoms with van der Waals surface area (Å²) in [7, 11) is -2.49. The summed E-state index contributed by atoms with van der Waals surface area (Å²) in [5.74, 6) is 0.504. The molecule has 0 saturated carbocycles. The zero-order chi connectivity index (χ0) is 23.1. The van der Waals surface area contributed by atoms with Gasteiger partial charge in [-0.1, -0.05) is 30.3 Å². The van der Waals surface area contributed by atoms with Crippen LogP contribution in [0.3, 0.4) is 0 Å². The van der Waals surface area contributed by atoms with E-state index in [1.165, 1.54) is 25.3 Å². The van der Waals surface area contributed by atoms with Crippen LogP contribution in [-0.4, -0.2) is 27.5 Å². The highest BCUT2D eigenvalue weighted by molar-refractivity contribution is 7.92.